The Balaban J connectivity index is 2.43. The molecular weight excluding hydrogens is 222 g/mol. The first-order valence-electron chi connectivity index (χ1n) is 6.89. The van der Waals surface area contributed by atoms with Crippen LogP contribution in [0.4, 0.5) is 0 Å². The van der Waals surface area contributed by atoms with Crippen LogP contribution in [0.25, 0.3) is 0 Å². The van der Waals surface area contributed by atoms with E-state index in [2.05, 4.69) is 44.4 Å². The highest BCUT2D eigenvalue weighted by Gasteiger charge is 2.46. The van der Waals surface area contributed by atoms with Gasteiger partial charge in [0.25, 0.3) is 0 Å². The summed E-state index contributed by atoms with van der Waals surface area (Å²) < 4.78 is 5.37. The number of rotatable bonds is 3. The Morgan fingerprint density at radius 3 is 2.56 bits per heavy atom. The number of nitrogens with one attached hydrogen (secondary N) is 1. The Labute approximate surface area is 111 Å². The summed E-state index contributed by atoms with van der Waals surface area (Å²) in [6, 6.07) is 8.56. The van der Waals surface area contributed by atoms with Crippen molar-refractivity contribution < 1.29 is 4.74 Å². The fourth-order valence-electron chi connectivity index (χ4n) is 3.34. The van der Waals surface area contributed by atoms with Crippen molar-refractivity contribution >= 4 is 0 Å². The third-order valence-corrected chi connectivity index (χ3v) is 5.08. The zero-order chi connectivity index (χ0) is 13.2. The molecule has 1 aromatic rings. The third kappa shape index (κ3) is 2.03. The van der Waals surface area contributed by atoms with Gasteiger partial charge in [-0.1, -0.05) is 31.9 Å². The normalized spacial score (nSPS) is 32.2. The number of benzene rings is 1. The molecule has 2 nitrogen and oxygen atoms in total. The van der Waals surface area contributed by atoms with Crippen molar-refractivity contribution in [2.75, 3.05) is 14.2 Å². The quantitative estimate of drug-likeness (QED) is 0.882. The maximum Gasteiger partial charge on any atom is 0.119 e. The van der Waals surface area contributed by atoms with Crippen LogP contribution in [0.5, 0.6) is 5.75 Å². The van der Waals surface area contributed by atoms with E-state index in [1.54, 1.807) is 7.11 Å². The lowest BCUT2D eigenvalue weighted by atomic mass is 9.59. The molecule has 100 valence electrons. The van der Waals surface area contributed by atoms with Crippen LogP contribution in [0.2, 0.25) is 0 Å². The van der Waals surface area contributed by atoms with E-state index in [4.69, 9.17) is 4.74 Å². The second-order valence-electron chi connectivity index (χ2n) is 5.85. The largest absolute Gasteiger partial charge is 0.497 e. The molecule has 0 heterocycles. The van der Waals surface area contributed by atoms with E-state index in [0.717, 1.165) is 5.75 Å². The molecule has 2 unspecified atom stereocenters. The van der Waals surface area contributed by atoms with E-state index in [0.29, 0.717) is 0 Å². The average Bonchev–Trinajstić information content (AvgIpc) is 2.42. The molecule has 0 aliphatic heterocycles. The first-order chi connectivity index (χ1) is 8.55. The Morgan fingerprint density at radius 2 is 1.89 bits per heavy atom. The van der Waals surface area contributed by atoms with Gasteiger partial charge in [0.1, 0.15) is 5.75 Å². The summed E-state index contributed by atoms with van der Waals surface area (Å²) in [5.74, 6) is 0.956. The molecule has 2 heteroatoms. The minimum Gasteiger partial charge on any atom is -0.497 e. The molecule has 1 N–H and O–H groups in total. The Hall–Kier alpha value is -1.02. The van der Waals surface area contributed by atoms with Crippen molar-refractivity contribution in [3.63, 3.8) is 0 Å². The lowest BCUT2D eigenvalue weighted by Gasteiger charge is -2.50. The zero-order valence-corrected chi connectivity index (χ0v) is 12.0. The Morgan fingerprint density at radius 1 is 1.17 bits per heavy atom. The summed E-state index contributed by atoms with van der Waals surface area (Å²) >= 11 is 0. The minimum absolute atomic E-state index is 0.164. The molecule has 0 saturated heterocycles. The molecular formula is C16H25NO. The van der Waals surface area contributed by atoms with E-state index in [1.807, 2.05) is 6.07 Å². The van der Waals surface area contributed by atoms with Gasteiger partial charge in [-0.15, -0.1) is 0 Å². The lowest BCUT2D eigenvalue weighted by molar-refractivity contribution is 0.142. The number of methoxy groups -OCH3 is 1. The van der Waals surface area contributed by atoms with Gasteiger partial charge in [0.2, 0.25) is 0 Å². The summed E-state index contributed by atoms with van der Waals surface area (Å²) in [7, 11) is 3.82. The predicted molar refractivity (Wildman–Crippen MR) is 76.3 cm³/mol. The van der Waals surface area contributed by atoms with Gasteiger partial charge in [-0.05, 0) is 44.5 Å². The maximum atomic E-state index is 5.37. The first kappa shape index (κ1) is 13.4. The zero-order valence-electron chi connectivity index (χ0n) is 12.0. The smallest absolute Gasteiger partial charge is 0.119 e. The molecule has 0 amide bonds. The van der Waals surface area contributed by atoms with E-state index in [1.165, 1.54) is 31.2 Å². The third-order valence-electron chi connectivity index (χ3n) is 5.08. The average molecular weight is 247 g/mol. The molecule has 0 bridgehead atoms. The van der Waals surface area contributed by atoms with Crippen molar-refractivity contribution in [2.45, 2.75) is 50.5 Å². The van der Waals surface area contributed by atoms with Gasteiger partial charge < -0.3 is 10.1 Å². The van der Waals surface area contributed by atoms with Crippen molar-refractivity contribution in [1.29, 1.82) is 0 Å². The van der Waals surface area contributed by atoms with E-state index in [-0.39, 0.29) is 11.0 Å². The van der Waals surface area contributed by atoms with Gasteiger partial charge in [-0.3, -0.25) is 0 Å². The Kier molecular flexibility index (Phi) is 3.67. The van der Waals surface area contributed by atoms with Gasteiger partial charge in [-0.2, -0.15) is 0 Å². The SMILES string of the molecule is CNC1(C)CCCCC1(C)c1cccc(OC)c1. The molecule has 0 radical (unpaired) electrons. The van der Waals surface area contributed by atoms with Crippen LogP contribution in [-0.4, -0.2) is 19.7 Å². The molecule has 0 aromatic heterocycles. The fourth-order valence-corrected chi connectivity index (χ4v) is 3.34. The van der Waals surface area contributed by atoms with E-state index in [9.17, 15) is 0 Å². The van der Waals surface area contributed by atoms with Crippen LogP contribution >= 0.6 is 0 Å². The van der Waals surface area contributed by atoms with Crippen LogP contribution < -0.4 is 10.1 Å². The van der Waals surface area contributed by atoms with Gasteiger partial charge in [0.05, 0.1) is 7.11 Å². The van der Waals surface area contributed by atoms with Crippen LogP contribution in [0.3, 0.4) is 0 Å². The summed E-state index contributed by atoms with van der Waals surface area (Å²) in [6.07, 6.45) is 5.09. The molecule has 1 aliphatic carbocycles. The summed E-state index contributed by atoms with van der Waals surface area (Å²) in [6.45, 7) is 4.74. The molecule has 2 atom stereocenters. The van der Waals surface area contributed by atoms with Crippen molar-refractivity contribution in [3.05, 3.63) is 29.8 Å². The molecule has 1 aromatic carbocycles. The van der Waals surface area contributed by atoms with E-state index >= 15 is 0 Å². The van der Waals surface area contributed by atoms with Crippen LogP contribution in [0.1, 0.15) is 45.1 Å². The monoisotopic (exact) mass is 247 g/mol. The summed E-state index contributed by atoms with van der Waals surface area (Å²) in [5.41, 5.74) is 1.73. The fraction of sp³-hybridized carbons (Fsp3) is 0.625. The highest BCUT2D eigenvalue weighted by atomic mass is 16.5. The highest BCUT2D eigenvalue weighted by molar-refractivity contribution is 5.37. The molecule has 1 aliphatic rings. The topological polar surface area (TPSA) is 21.3 Å². The van der Waals surface area contributed by atoms with Crippen LogP contribution in [0.15, 0.2) is 24.3 Å². The Bertz CT molecular complexity index is 417. The molecule has 18 heavy (non-hydrogen) atoms. The first-order valence-corrected chi connectivity index (χ1v) is 6.89. The molecule has 0 spiro atoms. The summed E-state index contributed by atoms with van der Waals surface area (Å²) in [5, 5.41) is 3.57. The second kappa shape index (κ2) is 4.93. The number of hydrogen-bond donors (Lipinski definition) is 1. The van der Waals surface area contributed by atoms with Crippen molar-refractivity contribution in [3.8, 4) is 5.75 Å². The van der Waals surface area contributed by atoms with Gasteiger partial charge in [0, 0.05) is 11.0 Å². The maximum absolute atomic E-state index is 5.37. The van der Waals surface area contributed by atoms with Gasteiger partial charge in [0.15, 0.2) is 0 Å². The molecule has 2 rings (SSSR count). The van der Waals surface area contributed by atoms with Gasteiger partial charge >= 0.3 is 0 Å². The van der Waals surface area contributed by atoms with Gasteiger partial charge in [-0.25, -0.2) is 0 Å². The van der Waals surface area contributed by atoms with Crippen LogP contribution in [0, 0.1) is 0 Å². The minimum atomic E-state index is 0.164. The highest BCUT2D eigenvalue weighted by Crippen LogP contribution is 2.46. The van der Waals surface area contributed by atoms with Crippen molar-refractivity contribution in [2.24, 2.45) is 0 Å². The molecule has 1 fully saturated rings. The summed E-state index contributed by atoms with van der Waals surface area (Å²) in [4.78, 5) is 0. The van der Waals surface area contributed by atoms with Crippen molar-refractivity contribution in [1.82, 2.24) is 5.32 Å². The second-order valence-corrected chi connectivity index (χ2v) is 5.85. The number of likely N-dealkylation sites (N-methyl/N-ethyl adjacent to an activating group) is 1. The van der Waals surface area contributed by atoms with Crippen LogP contribution in [-0.2, 0) is 5.41 Å². The molecule has 1 saturated carbocycles. The number of ether oxygens (including phenoxy) is 1. The lowest BCUT2D eigenvalue weighted by Crippen LogP contribution is -2.58. The standard InChI is InChI=1S/C16H25NO/c1-15(10-5-6-11-16(15,2)17-3)13-8-7-9-14(12-13)18-4/h7-9,12,17H,5-6,10-11H2,1-4H3. The number of hydrogen-bond acceptors (Lipinski definition) is 2. The van der Waals surface area contributed by atoms with E-state index < -0.39 is 0 Å². The predicted octanol–water partition coefficient (Wildman–Crippen LogP) is 3.51.